The van der Waals surface area contributed by atoms with Crippen molar-refractivity contribution in [2.45, 2.75) is 104 Å². The average Bonchev–Trinajstić information content (AvgIpc) is 3.26. The van der Waals surface area contributed by atoms with Gasteiger partial charge < -0.3 is 0 Å². The Bertz CT molecular complexity index is 257. The Morgan fingerprint density at radius 2 is 0.905 bits per heavy atom. The van der Waals surface area contributed by atoms with E-state index in [4.69, 9.17) is 0 Å². The largest absolute Gasteiger partial charge is 0.0625 e. The zero-order valence-electron chi connectivity index (χ0n) is 15.1. The summed E-state index contributed by atoms with van der Waals surface area (Å²) in [6, 6.07) is 0. The predicted octanol–water partition coefficient (Wildman–Crippen LogP) is 7.23. The van der Waals surface area contributed by atoms with Crippen LogP contribution in [-0.2, 0) is 0 Å². The van der Waals surface area contributed by atoms with E-state index in [1.165, 1.54) is 70.6 Å². The maximum Gasteiger partial charge on any atom is -0.0383 e. The fourth-order valence-electron chi connectivity index (χ4n) is 4.34. The quantitative estimate of drug-likeness (QED) is 0.447. The molecule has 3 saturated carbocycles. The molecule has 3 aliphatic rings. The standard InChI is InChI=1S/C17H32.C4H8/c1-14-9-10-15(2)13-17(12-11-14)16-7-5-3-4-6-8-16;1-4-2-3-4/h14-17H,3-13H2,1-2H3;4H,2-3H2,1H3. The van der Waals surface area contributed by atoms with Crippen LogP contribution < -0.4 is 0 Å². The molecule has 3 atom stereocenters. The first-order chi connectivity index (χ1) is 10.1. The molecular formula is C21H40. The molecule has 3 unspecified atom stereocenters. The summed E-state index contributed by atoms with van der Waals surface area (Å²) in [4.78, 5) is 0. The van der Waals surface area contributed by atoms with Gasteiger partial charge in [0.15, 0.2) is 0 Å². The molecule has 0 spiro atoms. The van der Waals surface area contributed by atoms with Crippen molar-refractivity contribution in [1.82, 2.24) is 0 Å². The highest BCUT2D eigenvalue weighted by atomic mass is 14.3. The lowest BCUT2D eigenvalue weighted by atomic mass is 9.74. The van der Waals surface area contributed by atoms with Gasteiger partial charge >= 0.3 is 0 Å². The van der Waals surface area contributed by atoms with Gasteiger partial charge in [0.25, 0.3) is 0 Å². The number of hydrogen-bond donors (Lipinski definition) is 0. The second-order valence-electron chi connectivity index (χ2n) is 8.79. The Labute approximate surface area is 134 Å². The van der Waals surface area contributed by atoms with Crippen molar-refractivity contribution in [3.8, 4) is 0 Å². The summed E-state index contributed by atoms with van der Waals surface area (Å²) in [5.74, 6) is 5.23. The molecule has 3 fully saturated rings. The lowest BCUT2D eigenvalue weighted by molar-refractivity contribution is 0.193. The maximum absolute atomic E-state index is 2.50. The molecule has 124 valence electrons. The van der Waals surface area contributed by atoms with Crippen molar-refractivity contribution in [1.29, 1.82) is 0 Å². The van der Waals surface area contributed by atoms with E-state index in [0.29, 0.717) is 0 Å². The highest BCUT2D eigenvalue weighted by Gasteiger charge is 2.26. The molecule has 0 aromatic rings. The van der Waals surface area contributed by atoms with Crippen LogP contribution in [0.5, 0.6) is 0 Å². The van der Waals surface area contributed by atoms with E-state index in [2.05, 4.69) is 20.8 Å². The fraction of sp³-hybridized carbons (Fsp3) is 1.00. The number of hydrogen-bond acceptors (Lipinski definition) is 0. The van der Waals surface area contributed by atoms with E-state index in [0.717, 1.165) is 29.6 Å². The van der Waals surface area contributed by atoms with E-state index in [-0.39, 0.29) is 0 Å². The molecule has 0 nitrogen and oxygen atoms in total. The summed E-state index contributed by atoms with van der Waals surface area (Å²) < 4.78 is 0. The first kappa shape index (κ1) is 17.4. The summed E-state index contributed by atoms with van der Waals surface area (Å²) in [6.07, 6.45) is 19.7. The molecule has 0 aromatic carbocycles. The summed E-state index contributed by atoms with van der Waals surface area (Å²) >= 11 is 0. The lowest BCUT2D eigenvalue weighted by Crippen LogP contribution is -2.21. The molecule has 0 N–H and O–H groups in total. The van der Waals surface area contributed by atoms with Crippen LogP contribution in [0.2, 0.25) is 0 Å². The smallest absolute Gasteiger partial charge is 0.0383 e. The molecule has 0 heterocycles. The van der Waals surface area contributed by atoms with Crippen LogP contribution in [-0.4, -0.2) is 0 Å². The van der Waals surface area contributed by atoms with Gasteiger partial charge in [0, 0.05) is 0 Å². The minimum absolute atomic E-state index is 0.992. The second kappa shape index (κ2) is 9.21. The SMILES string of the molecule is CC1CC1.CC1CCC(C)CC(C2CCCCCC2)CC1. The summed E-state index contributed by atoms with van der Waals surface area (Å²) in [5.41, 5.74) is 0. The third-order valence-corrected chi connectivity index (χ3v) is 6.32. The number of rotatable bonds is 1. The van der Waals surface area contributed by atoms with Crippen LogP contribution in [0.4, 0.5) is 0 Å². The zero-order chi connectivity index (χ0) is 15.1. The molecular weight excluding hydrogens is 252 g/mol. The molecule has 0 saturated heterocycles. The van der Waals surface area contributed by atoms with Crippen molar-refractivity contribution >= 4 is 0 Å². The molecule has 0 amide bonds. The second-order valence-corrected chi connectivity index (χ2v) is 8.79. The van der Waals surface area contributed by atoms with Crippen LogP contribution in [0.15, 0.2) is 0 Å². The van der Waals surface area contributed by atoms with E-state index in [9.17, 15) is 0 Å². The Morgan fingerprint density at radius 3 is 1.48 bits per heavy atom. The summed E-state index contributed by atoms with van der Waals surface area (Å²) in [5, 5.41) is 0. The van der Waals surface area contributed by atoms with Gasteiger partial charge in [-0.3, -0.25) is 0 Å². The van der Waals surface area contributed by atoms with Crippen LogP contribution in [0.25, 0.3) is 0 Å². The van der Waals surface area contributed by atoms with Crippen molar-refractivity contribution < 1.29 is 0 Å². The minimum atomic E-state index is 0.992. The van der Waals surface area contributed by atoms with Crippen LogP contribution in [0, 0.1) is 29.6 Å². The Balaban J connectivity index is 0.000000347. The summed E-state index contributed by atoms with van der Waals surface area (Å²) in [6.45, 7) is 7.25. The first-order valence-electron chi connectivity index (χ1n) is 10.1. The van der Waals surface area contributed by atoms with E-state index in [1.54, 1.807) is 12.8 Å². The van der Waals surface area contributed by atoms with Crippen LogP contribution >= 0.6 is 0 Å². The maximum atomic E-state index is 2.50. The molecule has 0 aromatic heterocycles. The molecule has 0 heteroatoms. The van der Waals surface area contributed by atoms with Crippen LogP contribution in [0.3, 0.4) is 0 Å². The average molecular weight is 293 g/mol. The third kappa shape index (κ3) is 7.20. The summed E-state index contributed by atoms with van der Waals surface area (Å²) in [7, 11) is 0. The zero-order valence-corrected chi connectivity index (χ0v) is 15.1. The van der Waals surface area contributed by atoms with E-state index in [1.807, 2.05) is 0 Å². The van der Waals surface area contributed by atoms with Crippen molar-refractivity contribution in [2.24, 2.45) is 29.6 Å². The molecule has 0 radical (unpaired) electrons. The third-order valence-electron chi connectivity index (χ3n) is 6.32. The van der Waals surface area contributed by atoms with Crippen molar-refractivity contribution in [2.75, 3.05) is 0 Å². The van der Waals surface area contributed by atoms with Gasteiger partial charge in [0.05, 0.1) is 0 Å². The monoisotopic (exact) mass is 292 g/mol. The highest BCUT2D eigenvalue weighted by Crippen LogP contribution is 2.38. The van der Waals surface area contributed by atoms with Crippen LogP contribution in [0.1, 0.15) is 104 Å². The Kier molecular flexibility index (Phi) is 7.61. The molecule has 3 rings (SSSR count). The normalized spacial score (nSPS) is 35.9. The molecule has 21 heavy (non-hydrogen) atoms. The minimum Gasteiger partial charge on any atom is -0.0625 e. The van der Waals surface area contributed by atoms with Gasteiger partial charge in [0.2, 0.25) is 0 Å². The topological polar surface area (TPSA) is 0 Å². The lowest BCUT2D eigenvalue weighted by Gasteiger charge is -2.32. The predicted molar refractivity (Wildman–Crippen MR) is 94.5 cm³/mol. The van der Waals surface area contributed by atoms with E-state index < -0.39 is 0 Å². The van der Waals surface area contributed by atoms with Crippen molar-refractivity contribution in [3.05, 3.63) is 0 Å². The van der Waals surface area contributed by atoms with Gasteiger partial charge in [-0.15, -0.1) is 0 Å². The van der Waals surface area contributed by atoms with Gasteiger partial charge in [-0.1, -0.05) is 91.4 Å². The Morgan fingerprint density at radius 1 is 0.429 bits per heavy atom. The van der Waals surface area contributed by atoms with Gasteiger partial charge in [-0.05, 0) is 42.4 Å². The molecule has 0 aliphatic heterocycles. The Hall–Kier alpha value is 0. The van der Waals surface area contributed by atoms with Gasteiger partial charge in [-0.25, -0.2) is 0 Å². The molecule has 0 bridgehead atoms. The fourth-order valence-corrected chi connectivity index (χ4v) is 4.34. The molecule has 3 aliphatic carbocycles. The highest BCUT2D eigenvalue weighted by molar-refractivity contribution is 4.78. The van der Waals surface area contributed by atoms with Gasteiger partial charge in [0.1, 0.15) is 0 Å². The first-order valence-corrected chi connectivity index (χ1v) is 10.1. The van der Waals surface area contributed by atoms with E-state index >= 15 is 0 Å². The van der Waals surface area contributed by atoms with Gasteiger partial charge in [-0.2, -0.15) is 0 Å². The van der Waals surface area contributed by atoms with Crippen molar-refractivity contribution in [3.63, 3.8) is 0 Å².